The van der Waals surface area contributed by atoms with Crippen molar-refractivity contribution in [2.45, 2.75) is 24.8 Å². The molecule has 1 aliphatic rings. The fourth-order valence-corrected chi connectivity index (χ4v) is 5.05. The molecular weight excluding hydrogens is 296 g/mol. The van der Waals surface area contributed by atoms with Crippen molar-refractivity contribution >= 4 is 27.3 Å². The molecule has 0 amide bonds. The van der Waals surface area contributed by atoms with Gasteiger partial charge < -0.3 is 10.0 Å². The molecule has 0 aromatic carbocycles. The summed E-state index contributed by atoms with van der Waals surface area (Å²) in [4.78, 5) is 6.14. The molecule has 1 aliphatic heterocycles. The van der Waals surface area contributed by atoms with E-state index in [9.17, 15) is 13.5 Å². The van der Waals surface area contributed by atoms with E-state index in [4.69, 9.17) is 0 Å². The van der Waals surface area contributed by atoms with E-state index in [0.717, 1.165) is 11.4 Å². The Morgan fingerprint density at radius 1 is 1.55 bits per heavy atom. The lowest BCUT2D eigenvalue weighted by molar-refractivity contribution is 0.169. The number of rotatable bonds is 4. The second-order valence-corrected chi connectivity index (χ2v) is 8.27. The molecule has 20 heavy (non-hydrogen) atoms. The number of aliphatic hydroxyl groups is 1. The summed E-state index contributed by atoms with van der Waals surface area (Å²) in [5.74, 6) is 1.49. The molecule has 0 spiro atoms. The van der Waals surface area contributed by atoms with Gasteiger partial charge in [0, 0.05) is 24.3 Å². The topological polar surface area (TPSA) is 70.5 Å². The number of anilines is 1. The van der Waals surface area contributed by atoms with E-state index >= 15 is 0 Å². The van der Waals surface area contributed by atoms with Crippen LogP contribution in [0.3, 0.4) is 0 Å². The third kappa shape index (κ3) is 3.45. The molecule has 1 fully saturated rings. The number of hydrogen-bond acceptors (Lipinski definition) is 6. The van der Waals surface area contributed by atoms with E-state index in [2.05, 4.69) is 4.98 Å². The molecule has 0 bridgehead atoms. The molecule has 112 valence electrons. The van der Waals surface area contributed by atoms with Crippen LogP contribution in [0.4, 0.5) is 5.69 Å². The standard InChI is InChI=1S/C13H20N2O3S2/c1-3-12(16)11-5-4-10(8-14-11)15-6-7-19-9-13(15)20(2,17)18/h4-5,8,12-13,16H,3,6-7,9H2,1-2H3. The Morgan fingerprint density at radius 3 is 2.85 bits per heavy atom. The summed E-state index contributed by atoms with van der Waals surface area (Å²) in [6, 6.07) is 3.61. The zero-order valence-corrected chi connectivity index (χ0v) is 13.3. The van der Waals surface area contributed by atoms with Crippen LogP contribution in [-0.2, 0) is 9.84 Å². The average Bonchev–Trinajstić information content (AvgIpc) is 2.46. The van der Waals surface area contributed by atoms with Crippen molar-refractivity contribution in [3.8, 4) is 0 Å². The maximum atomic E-state index is 11.9. The van der Waals surface area contributed by atoms with E-state index in [-0.39, 0.29) is 0 Å². The van der Waals surface area contributed by atoms with Gasteiger partial charge in [-0.2, -0.15) is 11.8 Å². The van der Waals surface area contributed by atoms with Crippen LogP contribution in [0.2, 0.25) is 0 Å². The van der Waals surface area contributed by atoms with Crippen LogP contribution in [0, 0.1) is 0 Å². The molecule has 1 aromatic rings. The molecule has 0 saturated carbocycles. The van der Waals surface area contributed by atoms with Gasteiger partial charge in [0.25, 0.3) is 0 Å². The van der Waals surface area contributed by atoms with Crippen molar-refractivity contribution in [3.63, 3.8) is 0 Å². The lowest BCUT2D eigenvalue weighted by atomic mass is 10.2. The first-order chi connectivity index (χ1) is 9.43. The minimum atomic E-state index is -3.13. The van der Waals surface area contributed by atoms with Crippen LogP contribution in [-0.4, -0.2) is 48.2 Å². The second-order valence-electron chi connectivity index (χ2n) is 4.92. The first-order valence-corrected chi connectivity index (χ1v) is 9.71. The quantitative estimate of drug-likeness (QED) is 0.906. The number of hydrogen-bond donors (Lipinski definition) is 1. The highest BCUT2D eigenvalue weighted by Gasteiger charge is 2.31. The number of pyridine rings is 1. The van der Waals surface area contributed by atoms with Gasteiger partial charge in [0.2, 0.25) is 0 Å². The van der Waals surface area contributed by atoms with Crippen molar-refractivity contribution in [1.82, 2.24) is 4.98 Å². The molecule has 2 rings (SSSR count). The number of aliphatic hydroxyl groups excluding tert-OH is 1. The maximum absolute atomic E-state index is 11.9. The Bertz CT molecular complexity index is 545. The summed E-state index contributed by atoms with van der Waals surface area (Å²) in [6.07, 6.45) is 2.98. The minimum Gasteiger partial charge on any atom is -0.387 e. The lowest BCUT2D eigenvalue weighted by Gasteiger charge is -2.35. The smallest absolute Gasteiger partial charge is 0.169 e. The van der Waals surface area contributed by atoms with Crippen LogP contribution in [0.25, 0.3) is 0 Å². The molecule has 1 N–H and O–H groups in total. The third-order valence-electron chi connectivity index (χ3n) is 3.41. The lowest BCUT2D eigenvalue weighted by Crippen LogP contribution is -2.47. The molecular formula is C13H20N2O3S2. The monoisotopic (exact) mass is 316 g/mol. The summed E-state index contributed by atoms with van der Waals surface area (Å²) < 4.78 is 23.8. The molecule has 0 radical (unpaired) electrons. The van der Waals surface area contributed by atoms with Gasteiger partial charge in [-0.15, -0.1) is 0 Å². The molecule has 5 nitrogen and oxygen atoms in total. The largest absolute Gasteiger partial charge is 0.387 e. The number of sulfone groups is 1. The Labute approximate surface area is 124 Å². The average molecular weight is 316 g/mol. The molecule has 0 aliphatic carbocycles. The molecule has 1 saturated heterocycles. The predicted octanol–water partition coefficient (Wildman–Crippen LogP) is 1.45. The zero-order chi connectivity index (χ0) is 14.8. The fraction of sp³-hybridized carbons (Fsp3) is 0.615. The summed E-state index contributed by atoms with van der Waals surface area (Å²) in [6.45, 7) is 2.58. The van der Waals surface area contributed by atoms with Crippen LogP contribution < -0.4 is 4.90 Å². The molecule has 1 aromatic heterocycles. The zero-order valence-electron chi connectivity index (χ0n) is 11.7. The van der Waals surface area contributed by atoms with E-state index in [1.165, 1.54) is 6.26 Å². The van der Waals surface area contributed by atoms with Gasteiger partial charge in [0.1, 0.15) is 5.37 Å². The molecule has 7 heteroatoms. The highest BCUT2D eigenvalue weighted by molar-refractivity contribution is 8.01. The Hall–Kier alpha value is -0.790. The first kappa shape index (κ1) is 15.6. The van der Waals surface area contributed by atoms with Gasteiger partial charge >= 0.3 is 0 Å². The van der Waals surface area contributed by atoms with Crippen LogP contribution >= 0.6 is 11.8 Å². The normalized spacial score (nSPS) is 21.8. The van der Waals surface area contributed by atoms with Crippen molar-refractivity contribution in [1.29, 1.82) is 0 Å². The predicted molar refractivity (Wildman–Crippen MR) is 82.8 cm³/mol. The number of aromatic nitrogens is 1. The van der Waals surface area contributed by atoms with Crippen molar-refractivity contribution in [2.75, 3.05) is 29.2 Å². The molecule has 2 heterocycles. The van der Waals surface area contributed by atoms with Gasteiger partial charge in [-0.05, 0) is 18.6 Å². The van der Waals surface area contributed by atoms with Gasteiger partial charge in [0.05, 0.1) is 23.7 Å². The van der Waals surface area contributed by atoms with E-state index < -0.39 is 21.3 Å². The van der Waals surface area contributed by atoms with Crippen molar-refractivity contribution in [2.24, 2.45) is 0 Å². The number of nitrogens with zero attached hydrogens (tertiary/aromatic N) is 2. The van der Waals surface area contributed by atoms with Gasteiger partial charge in [-0.1, -0.05) is 6.92 Å². The third-order valence-corrected chi connectivity index (χ3v) is 6.05. The summed E-state index contributed by atoms with van der Waals surface area (Å²) in [5.41, 5.74) is 1.42. The Morgan fingerprint density at radius 2 is 2.30 bits per heavy atom. The summed E-state index contributed by atoms with van der Waals surface area (Å²) in [5, 5.41) is 9.24. The Balaban J connectivity index is 2.25. The van der Waals surface area contributed by atoms with Crippen molar-refractivity contribution < 1.29 is 13.5 Å². The molecule has 2 unspecified atom stereocenters. The number of thioether (sulfide) groups is 1. The highest BCUT2D eigenvalue weighted by atomic mass is 32.2. The van der Waals surface area contributed by atoms with E-state index in [1.807, 2.05) is 17.9 Å². The van der Waals surface area contributed by atoms with E-state index in [1.54, 1.807) is 24.0 Å². The Kier molecular flexibility index (Phi) is 4.93. The molecule has 2 atom stereocenters. The van der Waals surface area contributed by atoms with E-state index in [0.29, 0.717) is 24.4 Å². The minimum absolute atomic E-state index is 0.495. The van der Waals surface area contributed by atoms with Crippen LogP contribution in [0.5, 0.6) is 0 Å². The van der Waals surface area contributed by atoms with Crippen molar-refractivity contribution in [3.05, 3.63) is 24.0 Å². The maximum Gasteiger partial charge on any atom is 0.169 e. The van der Waals surface area contributed by atoms with Crippen LogP contribution in [0.1, 0.15) is 25.1 Å². The van der Waals surface area contributed by atoms with Gasteiger partial charge in [-0.25, -0.2) is 8.42 Å². The summed E-state index contributed by atoms with van der Waals surface area (Å²) in [7, 11) is -3.13. The second kappa shape index (κ2) is 6.32. The van der Waals surface area contributed by atoms with Crippen LogP contribution in [0.15, 0.2) is 18.3 Å². The fourth-order valence-electron chi connectivity index (χ4n) is 2.20. The SMILES string of the molecule is CCC(O)c1ccc(N2CCSCC2S(C)(=O)=O)cn1. The summed E-state index contributed by atoms with van der Waals surface area (Å²) >= 11 is 1.66. The van der Waals surface area contributed by atoms with Gasteiger partial charge in [-0.3, -0.25) is 4.98 Å². The van der Waals surface area contributed by atoms with Gasteiger partial charge in [0.15, 0.2) is 9.84 Å². The highest BCUT2D eigenvalue weighted by Crippen LogP contribution is 2.27. The first-order valence-electron chi connectivity index (χ1n) is 6.60.